The molecule has 2 rings (SSSR count). The molecule has 3 unspecified atom stereocenters. The number of piperidine rings is 1. The third-order valence-electron chi connectivity index (χ3n) is 4.53. The van der Waals surface area contributed by atoms with Crippen molar-refractivity contribution in [3.05, 3.63) is 35.4 Å². The molecule has 1 aliphatic rings. The molecule has 1 fully saturated rings. The predicted molar refractivity (Wildman–Crippen MR) is 85.1 cm³/mol. The summed E-state index contributed by atoms with van der Waals surface area (Å²) in [5.41, 5.74) is 8.54. The summed E-state index contributed by atoms with van der Waals surface area (Å²) < 4.78 is 10.8. The van der Waals surface area contributed by atoms with E-state index in [-0.39, 0.29) is 6.04 Å². The number of hydrogen-bond acceptors (Lipinski definition) is 4. The molecule has 4 heteroatoms. The second-order valence-electron chi connectivity index (χ2n) is 5.96. The molecule has 0 aliphatic carbocycles. The largest absolute Gasteiger partial charge is 0.380 e. The lowest BCUT2D eigenvalue weighted by Gasteiger charge is -2.40. The number of rotatable bonds is 6. The molecule has 4 nitrogen and oxygen atoms in total. The first-order valence-corrected chi connectivity index (χ1v) is 7.74. The molecule has 2 N–H and O–H groups in total. The number of ether oxygens (including phenoxy) is 2. The van der Waals surface area contributed by atoms with Crippen LogP contribution in [0.15, 0.2) is 24.3 Å². The third kappa shape index (κ3) is 4.04. The van der Waals surface area contributed by atoms with Crippen LogP contribution in [-0.2, 0) is 16.1 Å². The fraction of sp³-hybridized carbons (Fsp3) is 0.647. The van der Waals surface area contributed by atoms with Gasteiger partial charge >= 0.3 is 0 Å². The third-order valence-corrected chi connectivity index (χ3v) is 4.53. The zero-order valence-electron chi connectivity index (χ0n) is 13.4. The van der Waals surface area contributed by atoms with Crippen LogP contribution in [0.1, 0.15) is 30.5 Å². The fourth-order valence-electron chi connectivity index (χ4n) is 3.20. The van der Waals surface area contributed by atoms with Crippen LogP contribution in [0.25, 0.3) is 0 Å². The average Bonchev–Trinajstić information content (AvgIpc) is 2.50. The smallest absolute Gasteiger partial charge is 0.0724 e. The molecule has 21 heavy (non-hydrogen) atoms. The van der Waals surface area contributed by atoms with E-state index >= 15 is 0 Å². The van der Waals surface area contributed by atoms with E-state index in [4.69, 9.17) is 15.2 Å². The van der Waals surface area contributed by atoms with Crippen molar-refractivity contribution >= 4 is 0 Å². The van der Waals surface area contributed by atoms with Crippen LogP contribution in [0, 0.1) is 5.92 Å². The van der Waals surface area contributed by atoms with Crippen molar-refractivity contribution in [3.8, 4) is 0 Å². The van der Waals surface area contributed by atoms with Gasteiger partial charge in [0, 0.05) is 33.4 Å². The molecule has 0 radical (unpaired) electrons. The van der Waals surface area contributed by atoms with Gasteiger partial charge in [0.15, 0.2) is 0 Å². The van der Waals surface area contributed by atoms with E-state index in [0.717, 1.165) is 19.5 Å². The highest BCUT2D eigenvalue weighted by Gasteiger charge is 2.30. The summed E-state index contributed by atoms with van der Waals surface area (Å²) in [5.74, 6) is 0.615. The summed E-state index contributed by atoms with van der Waals surface area (Å²) in [6.07, 6.45) is 1.46. The van der Waals surface area contributed by atoms with Crippen molar-refractivity contribution in [2.45, 2.75) is 32.1 Å². The van der Waals surface area contributed by atoms with Crippen molar-refractivity contribution in [1.29, 1.82) is 0 Å². The molecule has 1 aromatic carbocycles. The van der Waals surface area contributed by atoms with Gasteiger partial charge in [0.05, 0.1) is 12.7 Å². The van der Waals surface area contributed by atoms with Crippen LogP contribution < -0.4 is 5.73 Å². The first-order chi connectivity index (χ1) is 10.2. The minimum atomic E-state index is 0.256. The normalized spacial score (nSPS) is 25.0. The molecule has 118 valence electrons. The molecule has 3 atom stereocenters. The molecule has 0 saturated carbocycles. The first-order valence-electron chi connectivity index (χ1n) is 7.74. The van der Waals surface area contributed by atoms with Crippen LogP contribution >= 0.6 is 0 Å². The molecule has 0 amide bonds. The van der Waals surface area contributed by atoms with Crippen LogP contribution in [0.2, 0.25) is 0 Å². The van der Waals surface area contributed by atoms with E-state index in [0.29, 0.717) is 25.2 Å². The average molecular weight is 292 g/mol. The highest BCUT2D eigenvalue weighted by atomic mass is 16.5. The Morgan fingerprint density at radius 2 is 2.19 bits per heavy atom. The zero-order chi connectivity index (χ0) is 15.2. The maximum atomic E-state index is 6.07. The second kappa shape index (κ2) is 7.90. The molecule has 1 aliphatic heterocycles. The topological polar surface area (TPSA) is 47.7 Å². The maximum absolute atomic E-state index is 6.07. The van der Waals surface area contributed by atoms with Crippen molar-refractivity contribution in [2.24, 2.45) is 11.7 Å². The van der Waals surface area contributed by atoms with Crippen LogP contribution in [0.4, 0.5) is 0 Å². The molecule has 0 bridgehead atoms. The minimum Gasteiger partial charge on any atom is -0.380 e. The number of likely N-dealkylation sites (tertiary alicyclic amines) is 1. The Balaban J connectivity index is 2.13. The summed E-state index contributed by atoms with van der Waals surface area (Å²) in [5, 5.41) is 0. The van der Waals surface area contributed by atoms with Gasteiger partial charge in [0.25, 0.3) is 0 Å². The number of methoxy groups -OCH3 is 2. The van der Waals surface area contributed by atoms with Gasteiger partial charge in [0.1, 0.15) is 0 Å². The molecule has 0 aromatic heterocycles. The lowest BCUT2D eigenvalue weighted by Crippen LogP contribution is -2.47. The Morgan fingerprint density at radius 1 is 1.38 bits per heavy atom. The fourth-order valence-corrected chi connectivity index (χ4v) is 3.20. The Morgan fingerprint density at radius 3 is 2.86 bits per heavy atom. The number of benzene rings is 1. The lowest BCUT2D eigenvalue weighted by atomic mass is 9.93. The quantitative estimate of drug-likeness (QED) is 0.873. The maximum Gasteiger partial charge on any atom is 0.0724 e. The van der Waals surface area contributed by atoms with Crippen LogP contribution in [0.5, 0.6) is 0 Å². The van der Waals surface area contributed by atoms with Crippen molar-refractivity contribution < 1.29 is 9.47 Å². The molecule has 0 spiro atoms. The second-order valence-corrected chi connectivity index (χ2v) is 5.96. The summed E-state index contributed by atoms with van der Waals surface area (Å²) in [6.45, 7) is 5.57. The van der Waals surface area contributed by atoms with Gasteiger partial charge in [-0.1, -0.05) is 31.2 Å². The van der Waals surface area contributed by atoms with E-state index in [9.17, 15) is 0 Å². The lowest BCUT2D eigenvalue weighted by molar-refractivity contribution is -0.0183. The van der Waals surface area contributed by atoms with Crippen molar-refractivity contribution in [1.82, 2.24) is 4.90 Å². The van der Waals surface area contributed by atoms with Crippen molar-refractivity contribution in [3.63, 3.8) is 0 Å². The van der Waals surface area contributed by atoms with Gasteiger partial charge in [-0.2, -0.15) is 0 Å². The Labute approximate surface area is 128 Å². The summed E-state index contributed by atoms with van der Waals surface area (Å²) >= 11 is 0. The SMILES string of the molecule is COCc1cccc(C(CN)N2CCC(C)C(OC)C2)c1. The highest BCUT2D eigenvalue weighted by molar-refractivity contribution is 5.26. The van der Waals surface area contributed by atoms with Gasteiger partial charge in [-0.3, -0.25) is 4.90 Å². The van der Waals surface area contributed by atoms with Gasteiger partial charge in [-0.25, -0.2) is 0 Å². The summed E-state index contributed by atoms with van der Waals surface area (Å²) in [4.78, 5) is 2.46. The number of nitrogens with two attached hydrogens (primary N) is 1. The Hall–Kier alpha value is -0.940. The standard InChI is InChI=1S/C17H28N2O2/c1-13-7-8-19(11-17(13)21-3)16(10-18)15-6-4-5-14(9-15)12-20-2/h4-6,9,13,16-17H,7-8,10-12,18H2,1-3H3. The van der Waals surface area contributed by atoms with Crippen LogP contribution in [-0.4, -0.2) is 44.9 Å². The monoisotopic (exact) mass is 292 g/mol. The van der Waals surface area contributed by atoms with E-state index in [1.807, 2.05) is 0 Å². The molecule has 1 aromatic rings. The predicted octanol–water partition coefficient (Wildman–Crippen LogP) is 2.19. The van der Waals surface area contributed by atoms with Crippen LogP contribution in [0.3, 0.4) is 0 Å². The van der Waals surface area contributed by atoms with E-state index < -0.39 is 0 Å². The minimum absolute atomic E-state index is 0.256. The number of hydrogen-bond donors (Lipinski definition) is 1. The van der Waals surface area contributed by atoms with Gasteiger partial charge in [-0.15, -0.1) is 0 Å². The summed E-state index contributed by atoms with van der Waals surface area (Å²) in [6, 6.07) is 8.81. The Kier molecular flexibility index (Phi) is 6.18. The Bertz CT molecular complexity index is 439. The van der Waals surface area contributed by atoms with Gasteiger partial charge in [0.2, 0.25) is 0 Å². The van der Waals surface area contributed by atoms with Crippen molar-refractivity contribution in [2.75, 3.05) is 33.9 Å². The van der Waals surface area contributed by atoms with Gasteiger partial charge in [-0.05, 0) is 30.0 Å². The first kappa shape index (κ1) is 16.4. The van der Waals surface area contributed by atoms with E-state index in [1.54, 1.807) is 14.2 Å². The van der Waals surface area contributed by atoms with E-state index in [1.165, 1.54) is 11.1 Å². The molecular formula is C17H28N2O2. The number of nitrogens with zero attached hydrogens (tertiary/aromatic N) is 1. The highest BCUT2D eigenvalue weighted by Crippen LogP contribution is 2.28. The molecular weight excluding hydrogens is 264 g/mol. The zero-order valence-corrected chi connectivity index (χ0v) is 13.4. The van der Waals surface area contributed by atoms with E-state index in [2.05, 4.69) is 36.1 Å². The summed E-state index contributed by atoms with van der Waals surface area (Å²) in [7, 11) is 3.53. The molecule has 1 heterocycles. The molecule has 1 saturated heterocycles. The van der Waals surface area contributed by atoms with Gasteiger partial charge < -0.3 is 15.2 Å².